The number of amides is 1. The van der Waals surface area contributed by atoms with Crippen molar-refractivity contribution in [3.63, 3.8) is 0 Å². The zero-order chi connectivity index (χ0) is 16.7. The number of para-hydroxylation sites is 1. The van der Waals surface area contributed by atoms with Gasteiger partial charge < -0.3 is 9.57 Å². The van der Waals surface area contributed by atoms with Gasteiger partial charge in [-0.05, 0) is 31.2 Å². The Hall–Kier alpha value is -2.47. The molecule has 0 N–H and O–H groups in total. The van der Waals surface area contributed by atoms with Gasteiger partial charge >= 0.3 is 12.1 Å². The number of ether oxygens (including phenoxy) is 1. The summed E-state index contributed by atoms with van der Waals surface area (Å²) in [6, 6.07) is 18.1. The molecule has 0 aliphatic carbocycles. The first-order valence-electron chi connectivity index (χ1n) is 6.98. The summed E-state index contributed by atoms with van der Waals surface area (Å²) in [6.07, 6.45) is -0.763. The molecule has 5 nitrogen and oxygen atoms in total. The number of carbonyl (C=O) groups is 2. The second kappa shape index (κ2) is 8.24. The number of benzene rings is 2. The largest absolute Gasteiger partial charge is 0.450 e. The van der Waals surface area contributed by atoms with Crippen LogP contribution in [0.1, 0.15) is 6.92 Å². The Balaban J connectivity index is 2.07. The maximum atomic E-state index is 12.3. The fraction of sp³-hybridized carbons (Fsp3) is 0.176. The number of carbonyl (C=O) groups excluding carboxylic acids is 2. The molecule has 2 aromatic carbocycles. The summed E-state index contributed by atoms with van der Waals surface area (Å²) < 4.78 is 4.67. The lowest BCUT2D eigenvalue weighted by Crippen LogP contribution is -2.36. The molecule has 0 spiro atoms. The molecule has 120 valence electrons. The van der Waals surface area contributed by atoms with Crippen molar-refractivity contribution >= 4 is 29.5 Å². The monoisotopic (exact) mass is 331 g/mol. The van der Waals surface area contributed by atoms with Crippen LogP contribution in [0.4, 0.5) is 10.5 Å². The standard InChI is InChI=1S/C17H17NO4S/c1-13(23-15-11-7-4-8-12-15)16(19)22-18(17(20)21-2)14-9-5-3-6-10-14/h3-13H,1-2H3. The third-order valence-electron chi connectivity index (χ3n) is 2.90. The van der Waals surface area contributed by atoms with Crippen LogP contribution in [0.15, 0.2) is 65.6 Å². The number of rotatable bonds is 4. The van der Waals surface area contributed by atoms with E-state index in [1.807, 2.05) is 30.3 Å². The molecule has 2 rings (SSSR count). The van der Waals surface area contributed by atoms with Gasteiger partial charge in [-0.3, -0.25) is 0 Å². The molecule has 0 heterocycles. The molecule has 1 atom stereocenters. The number of hydrogen-bond donors (Lipinski definition) is 0. The Bertz CT molecular complexity index is 648. The number of anilines is 1. The summed E-state index contributed by atoms with van der Waals surface area (Å²) in [6.45, 7) is 1.72. The van der Waals surface area contributed by atoms with Crippen molar-refractivity contribution in [2.75, 3.05) is 12.2 Å². The maximum Gasteiger partial charge on any atom is 0.447 e. The lowest BCUT2D eigenvalue weighted by Gasteiger charge is -2.21. The molecule has 0 aromatic heterocycles. The first-order chi connectivity index (χ1) is 11.1. The molecule has 0 aliphatic heterocycles. The van der Waals surface area contributed by atoms with Gasteiger partial charge in [0.05, 0.1) is 12.8 Å². The summed E-state index contributed by atoms with van der Waals surface area (Å²) in [5.41, 5.74) is 0.421. The third kappa shape index (κ3) is 4.75. The first kappa shape index (κ1) is 16.9. The average Bonchev–Trinajstić information content (AvgIpc) is 2.60. The number of thioether (sulfide) groups is 1. The van der Waals surface area contributed by atoms with E-state index < -0.39 is 17.3 Å². The first-order valence-corrected chi connectivity index (χ1v) is 7.86. The highest BCUT2D eigenvalue weighted by atomic mass is 32.2. The number of nitrogens with zero attached hydrogens (tertiary/aromatic N) is 1. The minimum absolute atomic E-state index is 0.421. The van der Waals surface area contributed by atoms with Crippen LogP contribution in [0.25, 0.3) is 0 Å². The lowest BCUT2D eigenvalue weighted by molar-refractivity contribution is -0.143. The van der Waals surface area contributed by atoms with Crippen LogP contribution in [0.2, 0.25) is 0 Å². The Morgan fingerprint density at radius 1 is 1.00 bits per heavy atom. The van der Waals surface area contributed by atoms with E-state index >= 15 is 0 Å². The van der Waals surface area contributed by atoms with Crippen molar-refractivity contribution in [1.29, 1.82) is 0 Å². The molecule has 0 bridgehead atoms. The second-order valence-corrected chi connectivity index (χ2v) is 6.00. The van der Waals surface area contributed by atoms with E-state index in [0.29, 0.717) is 5.69 Å². The summed E-state index contributed by atoms with van der Waals surface area (Å²) in [4.78, 5) is 30.3. The van der Waals surface area contributed by atoms with E-state index in [1.54, 1.807) is 37.3 Å². The van der Waals surface area contributed by atoms with Crippen LogP contribution in [0, 0.1) is 0 Å². The van der Waals surface area contributed by atoms with Gasteiger partial charge in [0.25, 0.3) is 0 Å². The molecule has 0 saturated heterocycles. The fourth-order valence-corrected chi connectivity index (χ4v) is 2.62. The smallest absolute Gasteiger partial charge is 0.447 e. The summed E-state index contributed by atoms with van der Waals surface area (Å²) >= 11 is 1.35. The third-order valence-corrected chi connectivity index (χ3v) is 3.99. The van der Waals surface area contributed by atoms with Gasteiger partial charge in [0, 0.05) is 4.90 Å². The van der Waals surface area contributed by atoms with Crippen molar-refractivity contribution in [1.82, 2.24) is 0 Å². The van der Waals surface area contributed by atoms with Crippen LogP contribution in [0.5, 0.6) is 0 Å². The Morgan fingerprint density at radius 3 is 2.13 bits per heavy atom. The van der Waals surface area contributed by atoms with Crippen molar-refractivity contribution in [2.45, 2.75) is 17.1 Å². The van der Waals surface area contributed by atoms with Gasteiger partial charge in [-0.2, -0.15) is 0 Å². The average molecular weight is 331 g/mol. The summed E-state index contributed by atoms with van der Waals surface area (Å²) in [5, 5.41) is 0.373. The van der Waals surface area contributed by atoms with E-state index in [1.165, 1.54) is 18.9 Å². The molecular formula is C17H17NO4S. The van der Waals surface area contributed by atoms with Crippen molar-refractivity contribution in [2.24, 2.45) is 0 Å². The molecule has 0 saturated carbocycles. The van der Waals surface area contributed by atoms with Gasteiger partial charge in [0.15, 0.2) is 0 Å². The maximum absolute atomic E-state index is 12.3. The van der Waals surface area contributed by atoms with E-state index in [4.69, 9.17) is 4.84 Å². The highest BCUT2D eigenvalue weighted by Gasteiger charge is 2.25. The molecule has 2 aromatic rings. The van der Waals surface area contributed by atoms with Crippen molar-refractivity contribution < 1.29 is 19.2 Å². The zero-order valence-electron chi connectivity index (χ0n) is 12.8. The molecule has 1 amide bonds. The van der Waals surface area contributed by atoms with E-state index in [-0.39, 0.29) is 0 Å². The molecule has 1 unspecified atom stereocenters. The predicted molar refractivity (Wildman–Crippen MR) is 89.2 cm³/mol. The minimum atomic E-state index is -0.763. The molecule has 23 heavy (non-hydrogen) atoms. The number of hydroxylamine groups is 1. The van der Waals surface area contributed by atoms with Crippen molar-refractivity contribution in [3.05, 3.63) is 60.7 Å². The Morgan fingerprint density at radius 2 is 1.57 bits per heavy atom. The number of hydrogen-bond acceptors (Lipinski definition) is 5. The second-order valence-electron chi connectivity index (χ2n) is 4.58. The summed E-state index contributed by atoms with van der Waals surface area (Å²) in [5.74, 6) is -0.534. The molecule has 0 radical (unpaired) electrons. The van der Waals surface area contributed by atoms with E-state index in [0.717, 1.165) is 9.96 Å². The van der Waals surface area contributed by atoms with E-state index in [9.17, 15) is 9.59 Å². The van der Waals surface area contributed by atoms with Gasteiger partial charge in [0.2, 0.25) is 0 Å². The summed E-state index contributed by atoms with van der Waals surface area (Å²) in [7, 11) is 1.23. The normalized spacial score (nSPS) is 11.4. The molecular weight excluding hydrogens is 314 g/mol. The molecule has 0 fully saturated rings. The minimum Gasteiger partial charge on any atom is -0.450 e. The highest BCUT2D eigenvalue weighted by molar-refractivity contribution is 8.00. The van der Waals surface area contributed by atoms with Gasteiger partial charge in [0.1, 0.15) is 5.25 Å². The fourth-order valence-electron chi connectivity index (χ4n) is 1.76. The lowest BCUT2D eigenvalue weighted by atomic mass is 10.3. The molecule has 0 aliphatic rings. The van der Waals surface area contributed by atoms with Gasteiger partial charge in [-0.15, -0.1) is 16.8 Å². The van der Waals surface area contributed by atoms with Gasteiger partial charge in [-0.1, -0.05) is 36.4 Å². The number of methoxy groups -OCH3 is 1. The van der Waals surface area contributed by atoms with Gasteiger partial charge in [-0.25, -0.2) is 9.59 Å². The predicted octanol–water partition coefficient (Wildman–Crippen LogP) is 3.90. The van der Waals surface area contributed by atoms with Crippen LogP contribution in [0.3, 0.4) is 0 Å². The SMILES string of the molecule is COC(=O)N(OC(=O)C(C)Sc1ccccc1)c1ccccc1. The van der Waals surface area contributed by atoms with Crippen molar-refractivity contribution in [3.8, 4) is 0 Å². The highest BCUT2D eigenvalue weighted by Crippen LogP contribution is 2.24. The van der Waals surface area contributed by atoms with E-state index in [2.05, 4.69) is 4.74 Å². The Labute approximate surface area is 139 Å². The van der Waals surface area contributed by atoms with Crippen LogP contribution in [-0.2, 0) is 14.4 Å². The molecule has 6 heteroatoms. The van der Waals surface area contributed by atoms with Crippen LogP contribution >= 0.6 is 11.8 Å². The van der Waals surface area contributed by atoms with Crippen LogP contribution in [-0.4, -0.2) is 24.4 Å². The topological polar surface area (TPSA) is 55.8 Å². The Kier molecular flexibility index (Phi) is 6.05. The van der Waals surface area contributed by atoms with Crippen LogP contribution < -0.4 is 5.06 Å². The quantitative estimate of drug-likeness (QED) is 0.628. The zero-order valence-corrected chi connectivity index (χ0v) is 13.7.